The molecule has 1 saturated heterocycles. The molecule has 0 saturated carbocycles. The van der Waals surface area contributed by atoms with Crippen molar-refractivity contribution in [3.8, 4) is 0 Å². The molecule has 1 aromatic carbocycles. The SMILES string of the molecule is Cn1cncc1C(C)(N=[N+]=[N-])C1=Cc2cccnc2C(N2CCN(C(=O)OC(C)(C)C)CC2)c2ccc(Cl)cc21. The van der Waals surface area contributed by atoms with Crippen molar-refractivity contribution in [3.63, 3.8) is 0 Å². The summed E-state index contributed by atoms with van der Waals surface area (Å²) in [5.41, 5.74) is 13.3. The lowest BCUT2D eigenvalue weighted by molar-refractivity contribution is 0.0118. The lowest BCUT2D eigenvalue weighted by Crippen LogP contribution is -2.51. The molecule has 5 rings (SSSR count). The Labute approximate surface area is 238 Å². The number of aromatic nitrogens is 3. The Balaban J connectivity index is 1.61. The number of carbonyl (C=O) groups is 1. The van der Waals surface area contributed by atoms with Crippen molar-refractivity contribution >= 4 is 29.3 Å². The van der Waals surface area contributed by atoms with Crippen molar-refractivity contribution < 1.29 is 9.53 Å². The first-order valence-electron chi connectivity index (χ1n) is 13.2. The van der Waals surface area contributed by atoms with Crippen LogP contribution in [0.3, 0.4) is 0 Å². The smallest absolute Gasteiger partial charge is 0.410 e. The third-order valence-electron chi connectivity index (χ3n) is 7.45. The average molecular weight is 561 g/mol. The summed E-state index contributed by atoms with van der Waals surface area (Å²) in [6.07, 6.45) is 6.96. The van der Waals surface area contributed by atoms with Crippen molar-refractivity contribution in [2.24, 2.45) is 12.2 Å². The van der Waals surface area contributed by atoms with Gasteiger partial charge in [0.05, 0.1) is 23.8 Å². The van der Waals surface area contributed by atoms with Gasteiger partial charge in [-0.25, -0.2) is 9.78 Å². The van der Waals surface area contributed by atoms with Crippen molar-refractivity contribution in [2.45, 2.75) is 44.9 Å². The van der Waals surface area contributed by atoms with Gasteiger partial charge in [0.15, 0.2) is 0 Å². The van der Waals surface area contributed by atoms with Crippen LogP contribution in [0.1, 0.15) is 61.8 Å². The van der Waals surface area contributed by atoms with Gasteiger partial charge < -0.3 is 14.2 Å². The molecule has 0 radical (unpaired) electrons. The maximum absolute atomic E-state index is 12.7. The molecule has 2 unspecified atom stereocenters. The van der Waals surface area contributed by atoms with E-state index in [1.54, 1.807) is 23.6 Å². The second kappa shape index (κ2) is 10.6. The van der Waals surface area contributed by atoms with Crippen LogP contribution in [0.2, 0.25) is 5.02 Å². The molecule has 1 aliphatic carbocycles. The topological polar surface area (TPSA) is 112 Å². The average Bonchev–Trinajstić information content (AvgIpc) is 3.28. The summed E-state index contributed by atoms with van der Waals surface area (Å²) >= 11 is 6.59. The lowest BCUT2D eigenvalue weighted by Gasteiger charge is -2.40. The number of piperazine rings is 1. The monoisotopic (exact) mass is 560 g/mol. The van der Waals surface area contributed by atoms with Gasteiger partial charge in [-0.15, -0.1) is 0 Å². The number of hydrogen-bond donors (Lipinski definition) is 0. The molecule has 1 aliphatic heterocycles. The van der Waals surface area contributed by atoms with Gasteiger partial charge in [-0.3, -0.25) is 9.88 Å². The van der Waals surface area contributed by atoms with Crippen molar-refractivity contribution in [1.29, 1.82) is 0 Å². The first-order chi connectivity index (χ1) is 19.0. The quantitative estimate of drug-likeness (QED) is 0.214. The standard InChI is InChI=1S/C29H33ClN8O2/c1-28(2,3)40-27(39)38-13-11-37(12-14-38)26-21-9-8-20(30)16-22(21)23(15-19-7-6-10-33-25(19)26)29(4,34-35-31)24-17-32-18-36(24)5/h6-10,15-18,26H,11-14H2,1-5H3. The van der Waals surface area contributed by atoms with Gasteiger partial charge in [-0.05, 0) is 79.8 Å². The predicted octanol–water partition coefficient (Wildman–Crippen LogP) is 6.19. The number of aryl methyl sites for hydroxylation is 1. The van der Waals surface area contributed by atoms with Gasteiger partial charge in [0.1, 0.15) is 11.1 Å². The van der Waals surface area contributed by atoms with E-state index in [4.69, 9.17) is 21.3 Å². The van der Waals surface area contributed by atoms with Gasteiger partial charge in [0, 0.05) is 55.6 Å². The summed E-state index contributed by atoms with van der Waals surface area (Å²) in [5.74, 6) is 0. The zero-order chi connectivity index (χ0) is 28.7. The van der Waals surface area contributed by atoms with Crippen LogP contribution in [0.4, 0.5) is 4.79 Å². The van der Waals surface area contributed by atoms with Gasteiger partial charge >= 0.3 is 6.09 Å². The van der Waals surface area contributed by atoms with Gasteiger partial charge in [-0.2, -0.15) is 0 Å². The highest BCUT2D eigenvalue weighted by molar-refractivity contribution is 6.30. The van der Waals surface area contributed by atoms with E-state index in [0.29, 0.717) is 31.2 Å². The first-order valence-corrected chi connectivity index (χ1v) is 13.6. The number of amides is 1. The molecule has 40 heavy (non-hydrogen) atoms. The number of rotatable bonds is 4. The van der Waals surface area contributed by atoms with Crippen LogP contribution in [0.5, 0.6) is 0 Å². The molecule has 11 heteroatoms. The minimum absolute atomic E-state index is 0.208. The minimum atomic E-state index is -1.09. The molecular weight excluding hydrogens is 528 g/mol. The van der Waals surface area contributed by atoms with Crippen molar-refractivity contribution in [3.05, 3.63) is 92.6 Å². The Morgan fingerprint density at radius 3 is 2.58 bits per heavy atom. The third kappa shape index (κ3) is 5.18. The number of imidazole rings is 1. The number of benzene rings is 1. The third-order valence-corrected chi connectivity index (χ3v) is 7.68. The van der Waals surface area contributed by atoms with Crippen LogP contribution in [-0.4, -0.2) is 62.2 Å². The number of azide groups is 1. The number of fused-ring (bicyclic) bond motifs is 2. The van der Waals surface area contributed by atoms with Gasteiger partial charge in [0.2, 0.25) is 0 Å². The van der Waals surface area contributed by atoms with Crippen LogP contribution < -0.4 is 0 Å². The summed E-state index contributed by atoms with van der Waals surface area (Å²) in [6.45, 7) is 9.84. The summed E-state index contributed by atoms with van der Waals surface area (Å²) in [6, 6.07) is 9.56. The molecule has 3 aromatic rings. The van der Waals surface area contributed by atoms with E-state index in [2.05, 4.69) is 26.0 Å². The highest BCUT2D eigenvalue weighted by Gasteiger charge is 2.40. The summed E-state index contributed by atoms with van der Waals surface area (Å²) < 4.78 is 7.47. The summed E-state index contributed by atoms with van der Waals surface area (Å²) in [4.78, 5) is 29.3. The molecule has 2 aromatic heterocycles. The lowest BCUT2D eigenvalue weighted by atomic mass is 9.81. The number of hydrogen-bond acceptors (Lipinski definition) is 6. The molecule has 0 bridgehead atoms. The Morgan fingerprint density at radius 2 is 1.93 bits per heavy atom. The van der Waals surface area contributed by atoms with E-state index >= 15 is 0 Å². The molecule has 3 heterocycles. The fourth-order valence-electron chi connectivity index (χ4n) is 5.58. The number of pyridine rings is 1. The zero-order valence-corrected chi connectivity index (χ0v) is 24.1. The van der Waals surface area contributed by atoms with Crippen LogP contribution in [0, 0.1) is 0 Å². The van der Waals surface area contributed by atoms with Gasteiger partial charge in [0.25, 0.3) is 0 Å². The van der Waals surface area contributed by atoms with E-state index in [1.807, 2.05) is 69.6 Å². The van der Waals surface area contributed by atoms with Crippen molar-refractivity contribution in [2.75, 3.05) is 26.2 Å². The molecule has 1 fully saturated rings. The summed E-state index contributed by atoms with van der Waals surface area (Å²) in [7, 11) is 1.88. The van der Waals surface area contributed by atoms with E-state index in [-0.39, 0.29) is 12.1 Å². The molecule has 1 amide bonds. The fourth-order valence-corrected chi connectivity index (χ4v) is 5.75. The minimum Gasteiger partial charge on any atom is -0.444 e. The number of nitrogens with zero attached hydrogens (tertiary/aromatic N) is 8. The van der Waals surface area contributed by atoms with E-state index in [9.17, 15) is 10.3 Å². The zero-order valence-electron chi connectivity index (χ0n) is 23.4. The van der Waals surface area contributed by atoms with Crippen LogP contribution in [-0.2, 0) is 17.3 Å². The molecule has 0 N–H and O–H groups in total. The largest absolute Gasteiger partial charge is 0.444 e. The van der Waals surface area contributed by atoms with Crippen LogP contribution >= 0.6 is 11.6 Å². The highest BCUT2D eigenvalue weighted by atomic mass is 35.5. The number of halogens is 1. The van der Waals surface area contributed by atoms with Crippen LogP contribution in [0.15, 0.2) is 54.2 Å². The second-order valence-electron chi connectivity index (χ2n) is 11.3. The Morgan fingerprint density at radius 1 is 1.18 bits per heavy atom. The highest BCUT2D eigenvalue weighted by Crippen LogP contribution is 2.48. The molecule has 10 nitrogen and oxygen atoms in total. The fraction of sp³-hybridized carbons (Fsp3) is 0.414. The Kier molecular flexibility index (Phi) is 7.35. The molecular formula is C29H33ClN8O2. The molecule has 2 aliphatic rings. The van der Waals surface area contributed by atoms with Crippen LogP contribution in [0.25, 0.3) is 22.1 Å². The Hall–Kier alpha value is -3.85. The number of carbonyl (C=O) groups excluding carboxylic acids is 1. The van der Waals surface area contributed by atoms with E-state index < -0.39 is 11.1 Å². The molecule has 0 spiro atoms. The maximum Gasteiger partial charge on any atom is 0.410 e. The van der Waals surface area contributed by atoms with E-state index in [1.165, 1.54) is 0 Å². The maximum atomic E-state index is 12.7. The predicted molar refractivity (Wildman–Crippen MR) is 154 cm³/mol. The first kappa shape index (κ1) is 27.7. The normalized spacial score (nSPS) is 18.9. The number of ether oxygens (including phenoxy) is 1. The Bertz CT molecular complexity index is 1510. The summed E-state index contributed by atoms with van der Waals surface area (Å²) in [5, 5.41) is 4.91. The van der Waals surface area contributed by atoms with Gasteiger partial charge in [-0.1, -0.05) is 28.8 Å². The molecule has 208 valence electrons. The second-order valence-corrected chi connectivity index (χ2v) is 11.8. The molecule has 2 atom stereocenters. The van der Waals surface area contributed by atoms with Crippen molar-refractivity contribution in [1.82, 2.24) is 24.3 Å². The van der Waals surface area contributed by atoms with E-state index in [0.717, 1.165) is 33.7 Å².